The summed E-state index contributed by atoms with van der Waals surface area (Å²) in [4.78, 5) is 21.4. The lowest BCUT2D eigenvalue weighted by Gasteiger charge is -2.33. The molecule has 2 N–H and O–H groups in total. The average Bonchev–Trinajstić information content (AvgIpc) is 2.78. The molecule has 5 heteroatoms. The summed E-state index contributed by atoms with van der Waals surface area (Å²) in [6, 6.07) is -0.588. The van der Waals surface area contributed by atoms with E-state index in [1.54, 1.807) is 0 Å². The first-order chi connectivity index (χ1) is 7.18. The summed E-state index contributed by atoms with van der Waals surface area (Å²) >= 11 is 0. The number of hydrogen-bond acceptors (Lipinski definition) is 3. The fourth-order valence-electron chi connectivity index (χ4n) is 3.29. The molecule has 2 rings (SSSR count). The minimum absolute atomic E-state index is 0.101. The Labute approximate surface area is 89.7 Å². The summed E-state index contributed by atoms with van der Waals surface area (Å²) in [5.41, 5.74) is -0.101. The summed E-state index contributed by atoms with van der Waals surface area (Å²) < 4.78 is 0. The van der Waals surface area contributed by atoms with E-state index in [-0.39, 0.29) is 5.41 Å². The monoisotopic (exact) mass is 208 g/mol. The number of nitrogens with one attached hydrogen (secondary N) is 1. The van der Waals surface area contributed by atoms with Crippen LogP contribution >= 0.6 is 0 Å². The van der Waals surface area contributed by atoms with Gasteiger partial charge in [0.05, 0.1) is 6.19 Å². The molecule has 2 aliphatic carbocycles. The smallest absolute Gasteiger partial charge is 0.320 e. The van der Waals surface area contributed by atoms with Crippen LogP contribution in [0.15, 0.2) is 0 Å². The van der Waals surface area contributed by atoms with Crippen LogP contribution < -0.4 is 5.23 Å². The lowest BCUT2D eigenvalue weighted by molar-refractivity contribution is -0.142. The minimum atomic E-state index is -0.837. The van der Waals surface area contributed by atoms with E-state index >= 15 is 0 Å². The van der Waals surface area contributed by atoms with Crippen LogP contribution in [0.2, 0.25) is 0 Å². The molecule has 4 nitrogen and oxygen atoms in total. The minimum Gasteiger partial charge on any atom is -0.480 e. The van der Waals surface area contributed by atoms with Gasteiger partial charge in [-0.2, -0.15) is 0 Å². The molecule has 0 heterocycles. The van der Waals surface area contributed by atoms with Gasteiger partial charge in [-0.3, -0.25) is 4.79 Å². The van der Waals surface area contributed by atoms with Gasteiger partial charge in [0.2, 0.25) is 0 Å². The fourth-order valence-corrected chi connectivity index (χ4v) is 3.29. The van der Waals surface area contributed by atoms with Gasteiger partial charge < -0.3 is 15.1 Å². The molecular weight excluding hydrogens is 193 g/mol. The van der Waals surface area contributed by atoms with Crippen LogP contribution in [0.5, 0.6) is 0 Å². The number of carbonyl (C=O) groups excluding carboxylic acids is 1. The molecule has 1 atom stereocenters. The standard InChI is InChI=1S/C10H15BNO3/c13-6-11-12-8(9(14)15)10-3-1-7(5-10)2-4-10/h6-8,12H,1-5H2,(H,14,15)/t7?,8-,10?/m1/s1. The van der Waals surface area contributed by atoms with E-state index in [2.05, 4.69) is 5.23 Å². The second-order valence-corrected chi connectivity index (χ2v) is 4.75. The maximum atomic E-state index is 11.2. The molecule has 0 aromatic rings. The topological polar surface area (TPSA) is 66.4 Å². The number of fused-ring (bicyclic) bond motifs is 2. The molecule has 0 aromatic heterocycles. The van der Waals surface area contributed by atoms with E-state index in [9.17, 15) is 14.7 Å². The normalized spacial score (nSPS) is 35.1. The van der Waals surface area contributed by atoms with E-state index in [0.29, 0.717) is 12.1 Å². The van der Waals surface area contributed by atoms with Crippen LogP contribution in [0.25, 0.3) is 0 Å². The van der Waals surface area contributed by atoms with Gasteiger partial charge in [0.25, 0.3) is 7.41 Å². The van der Waals surface area contributed by atoms with Crippen molar-refractivity contribution >= 4 is 19.6 Å². The van der Waals surface area contributed by atoms with Crippen LogP contribution in [0.3, 0.4) is 0 Å². The van der Waals surface area contributed by atoms with Crippen molar-refractivity contribution in [3.8, 4) is 0 Å². The number of carboxylic acids is 1. The fraction of sp³-hybridized carbons (Fsp3) is 0.800. The van der Waals surface area contributed by atoms with Crippen LogP contribution in [0.1, 0.15) is 32.1 Å². The summed E-state index contributed by atoms with van der Waals surface area (Å²) in [5.74, 6) is -0.125. The summed E-state index contributed by atoms with van der Waals surface area (Å²) in [7, 11) is 1.21. The number of aliphatic carboxylic acids is 1. The third kappa shape index (κ3) is 1.80. The Hall–Kier alpha value is -0.835. The van der Waals surface area contributed by atoms with Crippen molar-refractivity contribution in [2.45, 2.75) is 38.1 Å². The lowest BCUT2D eigenvalue weighted by atomic mass is 9.75. The zero-order valence-corrected chi connectivity index (χ0v) is 8.61. The SMILES string of the molecule is O=C[B]N[C@H](C(=O)O)C12CCC(CC1)C2. The van der Waals surface area contributed by atoms with E-state index in [1.807, 2.05) is 0 Å². The van der Waals surface area contributed by atoms with Crippen LogP contribution in [0.4, 0.5) is 0 Å². The van der Waals surface area contributed by atoms with Gasteiger partial charge in [-0.15, -0.1) is 0 Å². The first-order valence-electron chi connectivity index (χ1n) is 5.44. The molecule has 0 spiro atoms. The van der Waals surface area contributed by atoms with Crippen LogP contribution in [-0.4, -0.2) is 30.7 Å². The third-order valence-corrected chi connectivity index (χ3v) is 3.99. The number of rotatable bonds is 5. The molecule has 0 unspecified atom stereocenters. The van der Waals surface area contributed by atoms with Gasteiger partial charge in [0, 0.05) is 0 Å². The van der Waals surface area contributed by atoms with E-state index in [1.165, 1.54) is 7.41 Å². The molecule has 0 aliphatic heterocycles. The second-order valence-electron chi connectivity index (χ2n) is 4.75. The highest BCUT2D eigenvalue weighted by molar-refractivity contribution is 6.64. The molecule has 0 saturated heterocycles. The maximum absolute atomic E-state index is 11.2. The largest absolute Gasteiger partial charge is 0.480 e. The molecule has 1 radical (unpaired) electrons. The van der Waals surface area contributed by atoms with Crippen molar-refractivity contribution in [1.29, 1.82) is 0 Å². The van der Waals surface area contributed by atoms with Gasteiger partial charge in [0.15, 0.2) is 0 Å². The summed E-state index contributed by atoms with van der Waals surface area (Å²) in [5, 5.41) is 11.9. The number of hydrogen-bond donors (Lipinski definition) is 2. The van der Waals surface area contributed by atoms with E-state index < -0.39 is 12.0 Å². The first-order valence-corrected chi connectivity index (χ1v) is 5.44. The molecule has 81 valence electrons. The van der Waals surface area contributed by atoms with Crippen molar-refractivity contribution < 1.29 is 14.7 Å². The van der Waals surface area contributed by atoms with Gasteiger partial charge in [-0.05, 0) is 43.4 Å². The Morgan fingerprint density at radius 2 is 2.20 bits per heavy atom. The third-order valence-electron chi connectivity index (χ3n) is 3.99. The molecule has 2 fully saturated rings. The molecule has 0 aromatic carbocycles. The maximum Gasteiger partial charge on any atom is 0.320 e. The van der Waals surface area contributed by atoms with Crippen molar-refractivity contribution in [3.63, 3.8) is 0 Å². The highest BCUT2D eigenvalue weighted by atomic mass is 16.4. The van der Waals surface area contributed by atoms with E-state index in [0.717, 1.165) is 32.1 Å². The van der Waals surface area contributed by atoms with Crippen molar-refractivity contribution in [3.05, 3.63) is 0 Å². The second kappa shape index (κ2) is 3.97. The quantitative estimate of drug-likeness (QED) is 0.507. The summed E-state index contributed by atoms with van der Waals surface area (Å²) in [6.07, 6.45) is 5.86. The van der Waals surface area contributed by atoms with Gasteiger partial charge in [0.1, 0.15) is 6.04 Å². The van der Waals surface area contributed by atoms with Gasteiger partial charge in [-0.1, -0.05) is 0 Å². The van der Waals surface area contributed by atoms with Crippen LogP contribution in [-0.2, 0) is 9.59 Å². The number of carboxylic acid groups (broad SMARTS) is 1. The predicted octanol–water partition coefficient (Wildman–Crippen LogP) is 0.419. The Morgan fingerprint density at radius 3 is 2.60 bits per heavy atom. The Bertz CT molecular complexity index is 274. The highest BCUT2D eigenvalue weighted by Crippen LogP contribution is 2.55. The zero-order chi connectivity index (χ0) is 10.9. The first kappa shape index (κ1) is 10.7. The number of carbonyl (C=O) groups is 2. The van der Waals surface area contributed by atoms with Gasteiger partial charge >= 0.3 is 5.97 Å². The lowest BCUT2D eigenvalue weighted by Crippen LogP contribution is -2.50. The molecule has 2 aliphatic rings. The highest BCUT2D eigenvalue weighted by Gasteiger charge is 2.51. The van der Waals surface area contributed by atoms with Crippen molar-refractivity contribution in [1.82, 2.24) is 5.23 Å². The average molecular weight is 208 g/mol. The molecule has 2 bridgehead atoms. The van der Waals surface area contributed by atoms with Gasteiger partial charge in [-0.25, -0.2) is 0 Å². The summed E-state index contributed by atoms with van der Waals surface area (Å²) in [6.45, 7) is 0. The molecular formula is C10H15BNO3. The Balaban J connectivity index is 2.09. The molecule has 2 saturated carbocycles. The van der Waals surface area contributed by atoms with Crippen molar-refractivity contribution in [2.75, 3.05) is 0 Å². The Kier molecular flexibility index (Phi) is 2.82. The zero-order valence-electron chi connectivity index (χ0n) is 8.61. The molecule has 15 heavy (non-hydrogen) atoms. The Morgan fingerprint density at radius 1 is 1.53 bits per heavy atom. The molecule has 0 amide bonds. The van der Waals surface area contributed by atoms with Crippen LogP contribution in [0, 0.1) is 11.3 Å². The predicted molar refractivity (Wildman–Crippen MR) is 56.1 cm³/mol. The van der Waals surface area contributed by atoms with E-state index in [4.69, 9.17) is 0 Å². The van der Waals surface area contributed by atoms with Crippen molar-refractivity contribution in [2.24, 2.45) is 11.3 Å².